The minimum absolute atomic E-state index is 0.169. The number of carbonyl (C=O) groups is 2. The van der Waals surface area contributed by atoms with Crippen LogP contribution < -0.4 is 14.8 Å². The third-order valence-electron chi connectivity index (χ3n) is 5.60. The lowest BCUT2D eigenvalue weighted by Gasteiger charge is -2.34. The van der Waals surface area contributed by atoms with Gasteiger partial charge in [0.1, 0.15) is 11.5 Å². The average molecular weight is 390 g/mol. The molecule has 2 unspecified atom stereocenters. The molecule has 1 heterocycles. The number of piperidine rings is 1. The maximum Gasteiger partial charge on any atom is 0.317 e. The van der Waals surface area contributed by atoms with Crippen molar-refractivity contribution in [3.05, 3.63) is 23.8 Å². The van der Waals surface area contributed by atoms with Crippen LogP contribution in [0.3, 0.4) is 0 Å². The van der Waals surface area contributed by atoms with Gasteiger partial charge in [0, 0.05) is 31.3 Å². The number of hydrogen-bond donors (Lipinski definition) is 2. The van der Waals surface area contributed by atoms with Crippen LogP contribution in [-0.4, -0.2) is 48.3 Å². The van der Waals surface area contributed by atoms with Gasteiger partial charge in [0.25, 0.3) is 0 Å². The predicted octanol–water partition coefficient (Wildman–Crippen LogP) is 3.27. The molecule has 0 aromatic heterocycles. The summed E-state index contributed by atoms with van der Waals surface area (Å²) in [7, 11) is 1.62. The zero-order valence-corrected chi connectivity index (χ0v) is 16.6. The Hall–Kier alpha value is -2.44. The van der Waals surface area contributed by atoms with Crippen molar-refractivity contribution in [3.8, 4) is 11.5 Å². The topological polar surface area (TPSA) is 88.1 Å². The number of ether oxygens (including phenoxy) is 2. The molecule has 0 radical (unpaired) electrons. The maximum absolute atomic E-state index is 12.6. The molecule has 1 saturated carbocycles. The maximum atomic E-state index is 12.6. The molecule has 28 heavy (non-hydrogen) atoms. The highest BCUT2D eigenvalue weighted by Crippen LogP contribution is 2.30. The monoisotopic (exact) mass is 390 g/mol. The number of carboxylic acids is 1. The van der Waals surface area contributed by atoms with Gasteiger partial charge in [-0.3, -0.25) is 4.79 Å². The van der Waals surface area contributed by atoms with Crippen molar-refractivity contribution >= 4 is 12.0 Å². The minimum atomic E-state index is -0.841. The number of hydrogen-bond acceptors (Lipinski definition) is 4. The van der Waals surface area contributed by atoms with Crippen LogP contribution in [0.2, 0.25) is 0 Å². The molecule has 1 aliphatic heterocycles. The molecule has 1 saturated heterocycles. The summed E-state index contributed by atoms with van der Waals surface area (Å²) in [5.41, 5.74) is 0.890. The largest absolute Gasteiger partial charge is 0.497 e. The Labute approximate surface area is 166 Å². The van der Waals surface area contributed by atoms with Crippen molar-refractivity contribution < 1.29 is 24.2 Å². The number of nitrogens with one attached hydrogen (secondary N) is 1. The van der Waals surface area contributed by atoms with E-state index in [0.29, 0.717) is 19.5 Å². The summed E-state index contributed by atoms with van der Waals surface area (Å²) in [6.07, 6.45) is 5.27. The smallest absolute Gasteiger partial charge is 0.317 e. The summed E-state index contributed by atoms with van der Waals surface area (Å²) in [5, 5.41) is 12.2. The third kappa shape index (κ3) is 5.09. The highest BCUT2D eigenvalue weighted by Gasteiger charge is 2.31. The van der Waals surface area contributed by atoms with Crippen LogP contribution >= 0.6 is 0 Å². The molecule has 1 aromatic rings. The molecular formula is C21H30N2O5. The molecule has 1 aromatic carbocycles. The second kappa shape index (κ2) is 9.17. The van der Waals surface area contributed by atoms with Gasteiger partial charge in [-0.1, -0.05) is 6.92 Å². The van der Waals surface area contributed by atoms with E-state index in [0.717, 1.165) is 29.9 Å². The zero-order valence-electron chi connectivity index (χ0n) is 16.6. The van der Waals surface area contributed by atoms with E-state index in [1.54, 1.807) is 12.0 Å². The van der Waals surface area contributed by atoms with Gasteiger partial charge in [0.2, 0.25) is 0 Å². The number of amides is 2. The molecule has 2 N–H and O–H groups in total. The van der Waals surface area contributed by atoms with E-state index < -0.39 is 11.9 Å². The molecule has 3 rings (SSSR count). The van der Waals surface area contributed by atoms with Gasteiger partial charge in [-0.25, -0.2) is 4.79 Å². The lowest BCUT2D eigenvalue weighted by atomic mass is 9.91. The van der Waals surface area contributed by atoms with Gasteiger partial charge in [0.05, 0.1) is 19.1 Å². The first-order valence-corrected chi connectivity index (χ1v) is 10.1. The molecule has 7 nitrogen and oxygen atoms in total. The summed E-state index contributed by atoms with van der Waals surface area (Å²) in [6, 6.07) is 5.39. The molecule has 2 fully saturated rings. The van der Waals surface area contributed by atoms with Gasteiger partial charge in [-0.15, -0.1) is 0 Å². The van der Waals surface area contributed by atoms with Crippen molar-refractivity contribution in [1.82, 2.24) is 10.2 Å². The number of carbonyl (C=O) groups excluding carboxylic acids is 1. The van der Waals surface area contributed by atoms with Gasteiger partial charge in [-0.2, -0.15) is 0 Å². The van der Waals surface area contributed by atoms with Crippen LogP contribution in [0.25, 0.3) is 0 Å². The summed E-state index contributed by atoms with van der Waals surface area (Å²) in [4.78, 5) is 25.6. The van der Waals surface area contributed by atoms with Crippen LogP contribution in [0.1, 0.15) is 44.6 Å². The Morgan fingerprint density at radius 1 is 1.25 bits per heavy atom. The molecule has 7 heteroatoms. The van der Waals surface area contributed by atoms with E-state index in [4.69, 9.17) is 9.47 Å². The quantitative estimate of drug-likeness (QED) is 0.778. The Kier molecular flexibility index (Phi) is 6.65. The molecule has 154 valence electrons. The van der Waals surface area contributed by atoms with Gasteiger partial charge in [0.15, 0.2) is 0 Å². The van der Waals surface area contributed by atoms with Gasteiger partial charge >= 0.3 is 12.0 Å². The SMILES string of the molecule is COc1ccc(CNC(=O)N2CC(C)CC(C(=O)O)C2)c(OC2CCCC2)c1. The van der Waals surface area contributed by atoms with Gasteiger partial charge < -0.3 is 24.8 Å². The standard InChI is InChI=1S/C21H30N2O5/c1-14-9-16(20(24)25)13-23(12-14)21(26)22-11-15-7-8-18(27-2)10-19(15)28-17-5-3-4-6-17/h7-8,10,14,16-17H,3-6,9,11-13H2,1-2H3,(H,22,26)(H,24,25). The fourth-order valence-electron chi connectivity index (χ4n) is 4.08. The predicted molar refractivity (Wildman–Crippen MR) is 105 cm³/mol. The number of carboxylic acid groups (broad SMARTS) is 1. The summed E-state index contributed by atoms with van der Waals surface area (Å²) < 4.78 is 11.5. The van der Waals surface area contributed by atoms with Crippen molar-refractivity contribution in [1.29, 1.82) is 0 Å². The fourth-order valence-corrected chi connectivity index (χ4v) is 4.08. The second-order valence-corrected chi connectivity index (χ2v) is 7.94. The zero-order chi connectivity index (χ0) is 20.1. The van der Waals surface area contributed by atoms with E-state index in [1.807, 2.05) is 25.1 Å². The number of benzene rings is 1. The highest BCUT2D eigenvalue weighted by molar-refractivity contribution is 5.76. The van der Waals surface area contributed by atoms with E-state index in [9.17, 15) is 14.7 Å². The van der Waals surface area contributed by atoms with Crippen LogP contribution in [0.15, 0.2) is 18.2 Å². The van der Waals surface area contributed by atoms with E-state index in [2.05, 4.69) is 5.32 Å². The van der Waals surface area contributed by atoms with Crippen molar-refractivity contribution in [3.63, 3.8) is 0 Å². The van der Waals surface area contributed by atoms with Crippen LogP contribution in [0.5, 0.6) is 11.5 Å². The number of methoxy groups -OCH3 is 1. The number of nitrogens with zero attached hydrogens (tertiary/aromatic N) is 1. The van der Waals surface area contributed by atoms with E-state index >= 15 is 0 Å². The van der Waals surface area contributed by atoms with Crippen molar-refractivity contribution in [2.75, 3.05) is 20.2 Å². The molecule has 2 aliphatic rings. The Balaban J connectivity index is 1.64. The molecule has 0 bridgehead atoms. The minimum Gasteiger partial charge on any atom is -0.497 e. The number of aliphatic carboxylic acids is 1. The van der Waals surface area contributed by atoms with Gasteiger partial charge in [-0.05, 0) is 50.2 Å². The molecule has 0 spiro atoms. The third-order valence-corrected chi connectivity index (χ3v) is 5.60. The summed E-state index contributed by atoms with van der Waals surface area (Å²) >= 11 is 0. The molecule has 1 aliphatic carbocycles. The summed E-state index contributed by atoms with van der Waals surface area (Å²) in [6.45, 7) is 3.13. The summed E-state index contributed by atoms with van der Waals surface area (Å²) in [5.74, 6) is 0.283. The second-order valence-electron chi connectivity index (χ2n) is 7.94. The van der Waals surface area contributed by atoms with E-state index in [1.165, 1.54) is 12.8 Å². The molecule has 2 amide bonds. The Morgan fingerprint density at radius 2 is 2.00 bits per heavy atom. The number of likely N-dealkylation sites (tertiary alicyclic amines) is 1. The number of rotatable bonds is 6. The highest BCUT2D eigenvalue weighted by atomic mass is 16.5. The number of urea groups is 1. The normalized spacial score (nSPS) is 22.7. The molecule has 2 atom stereocenters. The van der Waals surface area contributed by atoms with Crippen LogP contribution in [0.4, 0.5) is 4.79 Å². The first-order valence-electron chi connectivity index (χ1n) is 10.1. The first kappa shape index (κ1) is 20.3. The lowest BCUT2D eigenvalue weighted by molar-refractivity contribution is -0.143. The lowest BCUT2D eigenvalue weighted by Crippen LogP contribution is -2.49. The fraction of sp³-hybridized carbons (Fsp3) is 0.619. The van der Waals surface area contributed by atoms with Crippen molar-refractivity contribution in [2.24, 2.45) is 11.8 Å². The van der Waals surface area contributed by atoms with Crippen LogP contribution in [-0.2, 0) is 11.3 Å². The average Bonchev–Trinajstić information content (AvgIpc) is 3.19. The van der Waals surface area contributed by atoms with Crippen molar-refractivity contribution in [2.45, 2.75) is 51.7 Å². The Bertz CT molecular complexity index is 702. The Morgan fingerprint density at radius 3 is 2.68 bits per heavy atom. The van der Waals surface area contributed by atoms with Crippen LogP contribution in [0, 0.1) is 11.8 Å². The first-order chi connectivity index (χ1) is 13.5. The van der Waals surface area contributed by atoms with E-state index in [-0.39, 0.29) is 24.6 Å². The molecular weight excluding hydrogens is 360 g/mol.